The molecule has 0 saturated carbocycles. The number of methoxy groups -OCH3 is 1. The smallest absolute Gasteiger partial charge is 0.295 e. The summed E-state index contributed by atoms with van der Waals surface area (Å²) in [5, 5.41) is 11.2. The molecular formula is C26H30N2O5. The number of amides is 1. The fraction of sp³-hybridized carbons (Fsp3) is 0.385. The number of aryl methyl sites for hydroxylation is 1. The minimum Gasteiger partial charge on any atom is -0.507 e. The first-order valence-corrected chi connectivity index (χ1v) is 11.3. The number of ketones is 1. The first-order valence-electron chi connectivity index (χ1n) is 11.3. The molecule has 0 spiro atoms. The fourth-order valence-electron chi connectivity index (χ4n) is 4.56. The Morgan fingerprint density at radius 1 is 1.09 bits per heavy atom. The summed E-state index contributed by atoms with van der Waals surface area (Å²) in [6, 6.07) is 14.0. The lowest BCUT2D eigenvalue weighted by molar-refractivity contribution is -0.140. The number of morpholine rings is 1. The van der Waals surface area contributed by atoms with Gasteiger partial charge in [-0.25, -0.2) is 0 Å². The van der Waals surface area contributed by atoms with Crippen LogP contribution in [0, 0.1) is 6.92 Å². The highest BCUT2D eigenvalue weighted by Gasteiger charge is 2.45. The van der Waals surface area contributed by atoms with Gasteiger partial charge in [-0.05, 0) is 42.7 Å². The number of nitrogens with zero attached hydrogens (tertiary/aromatic N) is 2. The highest BCUT2D eigenvalue weighted by Crippen LogP contribution is 2.39. The van der Waals surface area contributed by atoms with Gasteiger partial charge in [0.2, 0.25) is 0 Å². The van der Waals surface area contributed by atoms with Crippen molar-refractivity contribution in [3.63, 3.8) is 0 Å². The second-order valence-corrected chi connectivity index (χ2v) is 8.40. The molecule has 0 bridgehead atoms. The highest BCUT2D eigenvalue weighted by molar-refractivity contribution is 6.46. The number of hydrogen-bond donors (Lipinski definition) is 1. The number of hydrogen-bond acceptors (Lipinski definition) is 6. The van der Waals surface area contributed by atoms with Crippen LogP contribution in [0.15, 0.2) is 54.1 Å². The lowest BCUT2D eigenvalue weighted by atomic mass is 9.95. The van der Waals surface area contributed by atoms with Crippen molar-refractivity contribution in [2.45, 2.75) is 19.4 Å². The zero-order valence-corrected chi connectivity index (χ0v) is 19.1. The van der Waals surface area contributed by atoms with E-state index >= 15 is 0 Å². The number of aliphatic hydroxyl groups is 1. The quantitative estimate of drug-likeness (QED) is 0.397. The third kappa shape index (κ3) is 4.79. The van der Waals surface area contributed by atoms with Crippen LogP contribution in [0.3, 0.4) is 0 Å². The van der Waals surface area contributed by atoms with E-state index in [-0.39, 0.29) is 11.3 Å². The minimum absolute atomic E-state index is 0.127. The third-order valence-electron chi connectivity index (χ3n) is 6.30. The molecule has 0 unspecified atom stereocenters. The molecule has 2 aromatic rings. The molecule has 33 heavy (non-hydrogen) atoms. The van der Waals surface area contributed by atoms with E-state index in [9.17, 15) is 14.7 Å². The number of benzene rings is 2. The van der Waals surface area contributed by atoms with Gasteiger partial charge in [0.05, 0.1) is 31.9 Å². The zero-order valence-electron chi connectivity index (χ0n) is 19.1. The molecule has 2 aliphatic rings. The molecule has 0 aromatic heterocycles. The van der Waals surface area contributed by atoms with Gasteiger partial charge in [-0.1, -0.05) is 30.3 Å². The summed E-state index contributed by atoms with van der Waals surface area (Å²) in [7, 11) is 1.58. The van der Waals surface area contributed by atoms with E-state index in [0.29, 0.717) is 17.9 Å². The van der Waals surface area contributed by atoms with Gasteiger partial charge in [0.1, 0.15) is 11.5 Å². The molecule has 0 aliphatic carbocycles. The standard InChI is InChI=1S/C26H30N2O5/c1-18-17-20(9-10-21(18)32-2)24(29)22-23(19-7-4-3-5-8-19)28(26(31)25(22)30)12-6-11-27-13-15-33-16-14-27/h3-5,7-10,17,23,29H,6,11-16H2,1-2H3/t23-/m0/s1. The Morgan fingerprint density at radius 2 is 1.82 bits per heavy atom. The topological polar surface area (TPSA) is 79.3 Å². The number of aliphatic hydroxyl groups excluding tert-OH is 1. The van der Waals surface area contributed by atoms with E-state index in [1.807, 2.05) is 37.3 Å². The molecule has 7 nitrogen and oxygen atoms in total. The number of carbonyl (C=O) groups is 2. The van der Waals surface area contributed by atoms with Crippen LogP contribution in [0.2, 0.25) is 0 Å². The van der Waals surface area contributed by atoms with Gasteiger partial charge < -0.3 is 19.5 Å². The molecule has 4 rings (SSSR count). The monoisotopic (exact) mass is 450 g/mol. The molecule has 2 heterocycles. The molecule has 1 amide bonds. The van der Waals surface area contributed by atoms with E-state index in [2.05, 4.69) is 4.90 Å². The van der Waals surface area contributed by atoms with Crippen molar-refractivity contribution < 1.29 is 24.2 Å². The van der Waals surface area contributed by atoms with Crippen LogP contribution in [-0.4, -0.2) is 73.1 Å². The van der Waals surface area contributed by atoms with Crippen LogP contribution < -0.4 is 4.74 Å². The molecule has 174 valence electrons. The summed E-state index contributed by atoms with van der Waals surface area (Å²) in [4.78, 5) is 30.1. The Bertz CT molecular complexity index is 1040. The molecule has 2 saturated heterocycles. The molecule has 2 aliphatic heterocycles. The van der Waals surface area contributed by atoms with E-state index in [4.69, 9.17) is 9.47 Å². The van der Waals surface area contributed by atoms with Crippen molar-refractivity contribution in [2.24, 2.45) is 0 Å². The van der Waals surface area contributed by atoms with Crippen LogP contribution in [0.4, 0.5) is 0 Å². The van der Waals surface area contributed by atoms with Crippen molar-refractivity contribution in [1.82, 2.24) is 9.80 Å². The van der Waals surface area contributed by atoms with E-state index in [1.165, 1.54) is 0 Å². The summed E-state index contributed by atoms with van der Waals surface area (Å²) < 4.78 is 10.7. The number of ether oxygens (including phenoxy) is 2. The molecule has 0 radical (unpaired) electrons. The van der Waals surface area contributed by atoms with Crippen molar-refractivity contribution >= 4 is 17.4 Å². The minimum atomic E-state index is -0.652. The van der Waals surface area contributed by atoms with Gasteiger partial charge in [0.15, 0.2) is 0 Å². The maximum Gasteiger partial charge on any atom is 0.295 e. The van der Waals surface area contributed by atoms with Gasteiger partial charge in [-0.2, -0.15) is 0 Å². The van der Waals surface area contributed by atoms with Crippen molar-refractivity contribution in [1.29, 1.82) is 0 Å². The molecule has 2 aromatic carbocycles. The molecule has 2 fully saturated rings. The molecule has 1 N–H and O–H groups in total. The predicted molar refractivity (Wildman–Crippen MR) is 125 cm³/mol. The van der Waals surface area contributed by atoms with Crippen LogP contribution in [0.25, 0.3) is 5.76 Å². The highest BCUT2D eigenvalue weighted by atomic mass is 16.5. The Morgan fingerprint density at radius 3 is 2.48 bits per heavy atom. The van der Waals surface area contributed by atoms with Gasteiger partial charge in [-0.3, -0.25) is 14.5 Å². The number of carbonyl (C=O) groups excluding carboxylic acids is 2. The summed E-state index contributed by atoms with van der Waals surface area (Å²) >= 11 is 0. The van der Waals surface area contributed by atoms with Crippen molar-refractivity contribution in [3.05, 3.63) is 70.8 Å². The Balaban J connectivity index is 1.66. The number of Topliss-reactive ketones (excluding diaryl/α,β-unsaturated/α-hetero) is 1. The Kier molecular flexibility index (Phi) is 7.11. The van der Waals surface area contributed by atoms with Crippen molar-refractivity contribution in [2.75, 3.05) is 46.5 Å². The molecular weight excluding hydrogens is 420 g/mol. The maximum absolute atomic E-state index is 13.1. The first-order chi connectivity index (χ1) is 16.0. The summed E-state index contributed by atoms with van der Waals surface area (Å²) in [6.45, 7) is 6.31. The van der Waals surface area contributed by atoms with Crippen LogP contribution in [0.5, 0.6) is 5.75 Å². The van der Waals surface area contributed by atoms with Gasteiger partial charge in [0, 0.05) is 31.7 Å². The first kappa shape index (κ1) is 23.0. The summed E-state index contributed by atoms with van der Waals surface area (Å²) in [6.07, 6.45) is 0.734. The number of rotatable bonds is 7. The van der Waals surface area contributed by atoms with Gasteiger partial charge >= 0.3 is 0 Å². The normalized spacial score (nSPS) is 20.9. The van der Waals surface area contributed by atoms with Crippen LogP contribution >= 0.6 is 0 Å². The molecule has 1 atom stereocenters. The zero-order chi connectivity index (χ0) is 23.4. The average molecular weight is 451 g/mol. The average Bonchev–Trinajstić information content (AvgIpc) is 3.10. The largest absolute Gasteiger partial charge is 0.507 e. The van der Waals surface area contributed by atoms with Crippen LogP contribution in [-0.2, 0) is 14.3 Å². The van der Waals surface area contributed by atoms with Gasteiger partial charge in [-0.15, -0.1) is 0 Å². The molecule has 7 heteroatoms. The third-order valence-corrected chi connectivity index (χ3v) is 6.30. The lowest BCUT2D eigenvalue weighted by Crippen LogP contribution is -2.38. The fourth-order valence-corrected chi connectivity index (χ4v) is 4.56. The summed E-state index contributed by atoms with van der Waals surface area (Å²) in [5.74, 6) is -0.697. The van der Waals surface area contributed by atoms with E-state index in [1.54, 1.807) is 30.2 Å². The van der Waals surface area contributed by atoms with Crippen LogP contribution in [0.1, 0.15) is 29.2 Å². The Labute approximate surface area is 194 Å². The Hall–Kier alpha value is -3.16. The van der Waals surface area contributed by atoms with E-state index < -0.39 is 17.7 Å². The maximum atomic E-state index is 13.1. The second kappa shape index (κ2) is 10.2. The second-order valence-electron chi connectivity index (χ2n) is 8.40. The van der Waals surface area contributed by atoms with Crippen molar-refractivity contribution in [3.8, 4) is 5.75 Å². The van der Waals surface area contributed by atoms with E-state index in [0.717, 1.165) is 50.4 Å². The lowest BCUT2D eigenvalue weighted by Gasteiger charge is -2.29. The van der Waals surface area contributed by atoms with Gasteiger partial charge in [0.25, 0.3) is 11.7 Å². The number of likely N-dealkylation sites (tertiary alicyclic amines) is 1. The predicted octanol–water partition coefficient (Wildman–Crippen LogP) is 3.15. The summed E-state index contributed by atoms with van der Waals surface area (Å²) in [5.41, 5.74) is 2.25. The SMILES string of the molecule is COc1ccc(C(O)=C2C(=O)C(=O)N(CCCN3CCOCC3)[C@H]2c2ccccc2)cc1C.